The Kier molecular flexibility index (Phi) is 4.93. The number of hydrogen-bond acceptors (Lipinski definition) is 3. The molecule has 0 saturated heterocycles. The maximum Gasteiger partial charge on any atom is 0.330 e. The van der Waals surface area contributed by atoms with E-state index in [-0.39, 0.29) is 6.54 Å². The second kappa shape index (κ2) is 6.22. The number of halogens is 1. The molecule has 0 aliphatic heterocycles. The molecule has 0 aliphatic rings. The molecular formula is C11H13ClN2O3. The third-order valence-electron chi connectivity index (χ3n) is 2.18. The van der Waals surface area contributed by atoms with Crippen molar-refractivity contribution in [1.82, 2.24) is 10.6 Å². The van der Waals surface area contributed by atoms with E-state index in [1.54, 1.807) is 24.3 Å². The van der Waals surface area contributed by atoms with Crippen LogP contribution in [0.4, 0.5) is 0 Å². The number of nitrogens with one attached hydrogen (secondary N) is 2. The Morgan fingerprint density at radius 2 is 1.94 bits per heavy atom. The molecule has 1 aromatic carbocycles. The van der Waals surface area contributed by atoms with Crippen LogP contribution >= 0.6 is 11.6 Å². The van der Waals surface area contributed by atoms with Gasteiger partial charge in [-0.2, -0.15) is 0 Å². The number of carbonyl (C=O) groups is 2. The summed E-state index contributed by atoms with van der Waals surface area (Å²) in [6.07, 6.45) is 0. The van der Waals surface area contributed by atoms with Gasteiger partial charge in [0.15, 0.2) is 6.04 Å². The minimum absolute atomic E-state index is 0.265. The van der Waals surface area contributed by atoms with Gasteiger partial charge in [-0.25, -0.2) is 4.79 Å². The van der Waals surface area contributed by atoms with E-state index < -0.39 is 17.9 Å². The lowest BCUT2D eigenvalue weighted by molar-refractivity contribution is -0.143. The molecule has 92 valence electrons. The summed E-state index contributed by atoms with van der Waals surface area (Å²) < 4.78 is 0. The van der Waals surface area contributed by atoms with Gasteiger partial charge in [0.1, 0.15) is 0 Å². The quantitative estimate of drug-likeness (QED) is 0.675. The largest absolute Gasteiger partial charge is 0.480 e. The van der Waals surface area contributed by atoms with E-state index in [4.69, 9.17) is 16.7 Å². The normalized spacial score (nSPS) is 11.9. The Morgan fingerprint density at radius 1 is 1.35 bits per heavy atom. The van der Waals surface area contributed by atoms with Crippen molar-refractivity contribution in [2.24, 2.45) is 0 Å². The van der Waals surface area contributed by atoms with Crippen molar-refractivity contribution in [2.75, 3.05) is 7.05 Å². The van der Waals surface area contributed by atoms with Crippen molar-refractivity contribution in [3.05, 3.63) is 34.9 Å². The monoisotopic (exact) mass is 256 g/mol. The molecular weight excluding hydrogens is 244 g/mol. The summed E-state index contributed by atoms with van der Waals surface area (Å²) in [5, 5.41) is 14.3. The molecule has 1 amide bonds. The van der Waals surface area contributed by atoms with Crippen LogP contribution in [0.15, 0.2) is 24.3 Å². The summed E-state index contributed by atoms with van der Waals surface area (Å²) >= 11 is 5.71. The molecule has 6 heteroatoms. The van der Waals surface area contributed by atoms with Crippen LogP contribution in [0.1, 0.15) is 5.56 Å². The Morgan fingerprint density at radius 3 is 2.41 bits per heavy atom. The molecule has 0 fully saturated rings. The summed E-state index contributed by atoms with van der Waals surface area (Å²) in [4.78, 5) is 22.2. The molecule has 0 heterocycles. The van der Waals surface area contributed by atoms with E-state index in [2.05, 4.69) is 10.6 Å². The highest BCUT2D eigenvalue weighted by molar-refractivity contribution is 6.30. The first-order valence-electron chi connectivity index (χ1n) is 4.97. The average Bonchev–Trinajstić information content (AvgIpc) is 2.28. The first-order valence-corrected chi connectivity index (χ1v) is 5.34. The standard InChI is InChI=1S/C11H13ClN2O3/c1-13-9(11(16)17)10(15)14-6-7-2-4-8(12)5-3-7/h2-5,9,13H,6H2,1H3,(H,14,15)(H,16,17). The zero-order valence-corrected chi connectivity index (χ0v) is 9.99. The fraction of sp³-hybridized carbons (Fsp3) is 0.273. The second-order valence-corrected chi connectivity index (χ2v) is 3.84. The lowest BCUT2D eigenvalue weighted by atomic mass is 10.2. The van der Waals surface area contributed by atoms with Gasteiger partial charge in [-0.05, 0) is 24.7 Å². The Balaban J connectivity index is 2.53. The first-order chi connectivity index (χ1) is 8.04. The summed E-state index contributed by atoms with van der Waals surface area (Å²) in [6, 6.07) is 5.70. The molecule has 3 N–H and O–H groups in total. The Labute approximate surface area is 104 Å². The van der Waals surface area contributed by atoms with Crippen LogP contribution in [0, 0.1) is 0 Å². The highest BCUT2D eigenvalue weighted by atomic mass is 35.5. The molecule has 17 heavy (non-hydrogen) atoms. The highest BCUT2D eigenvalue weighted by Gasteiger charge is 2.23. The van der Waals surface area contributed by atoms with Gasteiger partial charge in [-0.15, -0.1) is 0 Å². The molecule has 0 radical (unpaired) electrons. The first kappa shape index (κ1) is 13.5. The van der Waals surface area contributed by atoms with Gasteiger partial charge >= 0.3 is 5.97 Å². The number of carboxylic acids is 1. The predicted octanol–water partition coefficient (Wildman–Crippen LogP) is 0.629. The predicted molar refractivity (Wildman–Crippen MR) is 63.8 cm³/mol. The lowest BCUT2D eigenvalue weighted by Gasteiger charge is -2.11. The van der Waals surface area contributed by atoms with Gasteiger partial charge < -0.3 is 10.4 Å². The zero-order valence-electron chi connectivity index (χ0n) is 9.24. The van der Waals surface area contributed by atoms with E-state index in [1.807, 2.05) is 0 Å². The minimum Gasteiger partial charge on any atom is -0.480 e. The van der Waals surface area contributed by atoms with Gasteiger partial charge in [-0.1, -0.05) is 23.7 Å². The third-order valence-corrected chi connectivity index (χ3v) is 2.43. The molecule has 0 bridgehead atoms. The van der Waals surface area contributed by atoms with E-state index in [0.29, 0.717) is 5.02 Å². The van der Waals surface area contributed by atoms with Crippen molar-refractivity contribution in [3.63, 3.8) is 0 Å². The Hall–Kier alpha value is -1.59. The molecule has 0 aromatic heterocycles. The van der Waals surface area contributed by atoms with Crippen LogP contribution in [0.2, 0.25) is 5.02 Å². The van der Waals surface area contributed by atoms with Gasteiger partial charge in [-0.3, -0.25) is 10.1 Å². The van der Waals surface area contributed by atoms with Crippen LogP contribution in [-0.2, 0) is 16.1 Å². The van der Waals surface area contributed by atoms with Crippen LogP contribution in [-0.4, -0.2) is 30.1 Å². The number of hydrogen-bond donors (Lipinski definition) is 3. The van der Waals surface area contributed by atoms with Crippen molar-refractivity contribution < 1.29 is 14.7 Å². The number of aliphatic carboxylic acids is 1. The molecule has 0 aliphatic carbocycles. The lowest BCUT2D eigenvalue weighted by Crippen LogP contribution is -2.47. The molecule has 0 saturated carbocycles. The molecule has 1 rings (SSSR count). The fourth-order valence-corrected chi connectivity index (χ4v) is 1.39. The van der Waals surface area contributed by atoms with Crippen LogP contribution in [0.5, 0.6) is 0 Å². The number of carbonyl (C=O) groups excluding carboxylic acids is 1. The van der Waals surface area contributed by atoms with Gasteiger partial charge in [0, 0.05) is 11.6 Å². The summed E-state index contributed by atoms with van der Waals surface area (Å²) in [5.41, 5.74) is 0.850. The average molecular weight is 257 g/mol. The smallest absolute Gasteiger partial charge is 0.330 e. The zero-order chi connectivity index (χ0) is 12.8. The van der Waals surface area contributed by atoms with E-state index in [0.717, 1.165) is 5.56 Å². The van der Waals surface area contributed by atoms with Crippen molar-refractivity contribution in [2.45, 2.75) is 12.6 Å². The highest BCUT2D eigenvalue weighted by Crippen LogP contribution is 2.09. The summed E-state index contributed by atoms with van der Waals surface area (Å²) in [6.45, 7) is 0.265. The molecule has 5 nitrogen and oxygen atoms in total. The number of likely N-dealkylation sites (N-methyl/N-ethyl adjacent to an activating group) is 1. The van der Waals surface area contributed by atoms with Crippen LogP contribution in [0.25, 0.3) is 0 Å². The second-order valence-electron chi connectivity index (χ2n) is 3.40. The van der Waals surface area contributed by atoms with Crippen LogP contribution < -0.4 is 10.6 Å². The topological polar surface area (TPSA) is 78.4 Å². The fourth-order valence-electron chi connectivity index (χ4n) is 1.26. The Bertz CT molecular complexity index is 406. The minimum atomic E-state index is -1.23. The van der Waals surface area contributed by atoms with Gasteiger partial charge in [0.25, 0.3) is 0 Å². The van der Waals surface area contributed by atoms with E-state index in [1.165, 1.54) is 7.05 Å². The molecule has 1 unspecified atom stereocenters. The molecule has 1 aromatic rings. The van der Waals surface area contributed by atoms with E-state index >= 15 is 0 Å². The van der Waals surface area contributed by atoms with Crippen LogP contribution in [0.3, 0.4) is 0 Å². The van der Waals surface area contributed by atoms with Gasteiger partial charge in [0.2, 0.25) is 5.91 Å². The third kappa shape index (κ3) is 4.05. The maximum absolute atomic E-state index is 11.5. The van der Waals surface area contributed by atoms with E-state index in [9.17, 15) is 9.59 Å². The number of rotatable bonds is 5. The summed E-state index contributed by atoms with van der Waals surface area (Å²) in [5.74, 6) is -1.78. The van der Waals surface area contributed by atoms with Crippen molar-refractivity contribution in [3.8, 4) is 0 Å². The maximum atomic E-state index is 11.5. The molecule has 1 atom stereocenters. The van der Waals surface area contributed by atoms with Gasteiger partial charge in [0.05, 0.1) is 0 Å². The van der Waals surface area contributed by atoms with Crippen molar-refractivity contribution >= 4 is 23.5 Å². The number of amides is 1. The molecule has 0 spiro atoms. The van der Waals surface area contributed by atoms with Crippen molar-refractivity contribution in [1.29, 1.82) is 0 Å². The number of carboxylic acid groups (broad SMARTS) is 1. The summed E-state index contributed by atoms with van der Waals surface area (Å²) in [7, 11) is 1.42. The number of benzene rings is 1. The SMILES string of the molecule is CNC(C(=O)O)C(=O)NCc1ccc(Cl)cc1.